The van der Waals surface area contributed by atoms with Gasteiger partial charge in [0.05, 0.1) is 11.5 Å². The van der Waals surface area contributed by atoms with Gasteiger partial charge in [-0.1, -0.05) is 43.3 Å². The predicted octanol–water partition coefficient (Wildman–Crippen LogP) is 5.48. The molecule has 0 saturated heterocycles. The zero-order chi connectivity index (χ0) is 20.0. The van der Waals surface area contributed by atoms with E-state index in [0.717, 1.165) is 51.4 Å². The summed E-state index contributed by atoms with van der Waals surface area (Å²) in [6.07, 6.45) is 4.52. The Morgan fingerprint density at radius 2 is 1.82 bits per heavy atom. The van der Waals surface area contributed by atoms with Gasteiger partial charge in [0.1, 0.15) is 0 Å². The molecule has 28 heavy (non-hydrogen) atoms. The summed E-state index contributed by atoms with van der Waals surface area (Å²) in [4.78, 5) is 2.40. The monoisotopic (exact) mass is 382 g/mol. The molecule has 3 rings (SSSR count). The summed E-state index contributed by atoms with van der Waals surface area (Å²) in [7, 11) is 0. The second kappa shape index (κ2) is 9.30. The summed E-state index contributed by atoms with van der Waals surface area (Å²) in [5.41, 5.74) is 1.25. The number of likely N-dealkylation sites (N-methyl/N-ethyl adjacent to an activating group) is 1. The third-order valence-electron chi connectivity index (χ3n) is 5.96. The third-order valence-corrected chi connectivity index (χ3v) is 5.96. The molecule has 2 nitrogen and oxygen atoms in total. The number of benzene rings is 2. The first-order valence-electron chi connectivity index (χ1n) is 10.2. The Bertz CT molecular complexity index is 811. The van der Waals surface area contributed by atoms with Crippen molar-refractivity contribution in [1.29, 1.82) is 5.26 Å². The van der Waals surface area contributed by atoms with E-state index in [1.807, 2.05) is 6.07 Å². The highest BCUT2D eigenvalue weighted by Crippen LogP contribution is 2.50. The summed E-state index contributed by atoms with van der Waals surface area (Å²) in [6.45, 7) is 5.00. The van der Waals surface area contributed by atoms with Crippen LogP contribution in [-0.2, 0) is 11.8 Å². The van der Waals surface area contributed by atoms with Crippen molar-refractivity contribution in [3.63, 3.8) is 0 Å². The smallest absolute Gasteiger partial charge is 0.159 e. The van der Waals surface area contributed by atoms with E-state index in [0.29, 0.717) is 12.0 Å². The fraction of sp³-hybridized carbons (Fsp3) is 0.458. The van der Waals surface area contributed by atoms with Crippen molar-refractivity contribution in [1.82, 2.24) is 4.90 Å². The Balaban J connectivity index is 1.62. The average Bonchev–Trinajstić information content (AvgIpc) is 3.56. The third kappa shape index (κ3) is 4.77. The molecule has 148 valence electrons. The van der Waals surface area contributed by atoms with E-state index < -0.39 is 17.0 Å². The molecule has 0 spiro atoms. The lowest BCUT2D eigenvalue weighted by Gasteiger charge is -2.29. The first-order valence-corrected chi connectivity index (χ1v) is 10.2. The minimum absolute atomic E-state index is 0.252. The van der Waals surface area contributed by atoms with Gasteiger partial charge in [-0.2, -0.15) is 5.26 Å². The van der Waals surface area contributed by atoms with Gasteiger partial charge in [0, 0.05) is 6.54 Å². The van der Waals surface area contributed by atoms with Crippen LogP contribution in [0.4, 0.5) is 8.78 Å². The quantitative estimate of drug-likeness (QED) is 0.544. The van der Waals surface area contributed by atoms with E-state index in [1.165, 1.54) is 11.6 Å². The lowest BCUT2D eigenvalue weighted by Crippen LogP contribution is -2.31. The van der Waals surface area contributed by atoms with Crippen LogP contribution in [0.3, 0.4) is 0 Å². The topological polar surface area (TPSA) is 27.0 Å². The van der Waals surface area contributed by atoms with Crippen LogP contribution in [0.2, 0.25) is 0 Å². The number of nitriles is 1. The SMILES string of the molecule is CCN(CCCC(C#N)(c1ccc(F)c(F)c1)C1CC1)CCc1ccccc1. The molecule has 0 amide bonds. The van der Waals surface area contributed by atoms with Crippen LogP contribution in [0, 0.1) is 28.9 Å². The van der Waals surface area contributed by atoms with Crippen LogP contribution >= 0.6 is 0 Å². The fourth-order valence-electron chi connectivity index (χ4n) is 4.09. The summed E-state index contributed by atoms with van der Waals surface area (Å²) in [5, 5.41) is 10.00. The highest BCUT2D eigenvalue weighted by atomic mass is 19.2. The molecule has 1 saturated carbocycles. The minimum Gasteiger partial charge on any atom is -0.303 e. The van der Waals surface area contributed by atoms with E-state index in [2.05, 4.69) is 42.2 Å². The molecule has 4 heteroatoms. The maximum absolute atomic E-state index is 13.8. The van der Waals surface area contributed by atoms with Crippen LogP contribution in [0.15, 0.2) is 48.5 Å². The second-order valence-corrected chi connectivity index (χ2v) is 7.76. The van der Waals surface area contributed by atoms with E-state index >= 15 is 0 Å². The van der Waals surface area contributed by atoms with Gasteiger partial charge in [-0.3, -0.25) is 0 Å². The van der Waals surface area contributed by atoms with Gasteiger partial charge in [0.2, 0.25) is 0 Å². The molecule has 0 radical (unpaired) electrons. The van der Waals surface area contributed by atoms with Crippen LogP contribution in [0.5, 0.6) is 0 Å². The number of rotatable bonds is 10. The van der Waals surface area contributed by atoms with Crippen LogP contribution in [0.1, 0.15) is 43.7 Å². The molecule has 1 fully saturated rings. The molecule has 2 aromatic rings. The Kier molecular flexibility index (Phi) is 6.80. The maximum atomic E-state index is 13.8. The molecular weight excluding hydrogens is 354 g/mol. The minimum atomic E-state index is -0.865. The van der Waals surface area contributed by atoms with Crippen molar-refractivity contribution in [2.24, 2.45) is 5.92 Å². The summed E-state index contributed by atoms with van der Waals surface area (Å²) in [5.74, 6) is -1.47. The van der Waals surface area contributed by atoms with E-state index in [4.69, 9.17) is 0 Å². The molecule has 0 N–H and O–H groups in total. The second-order valence-electron chi connectivity index (χ2n) is 7.76. The zero-order valence-corrected chi connectivity index (χ0v) is 16.5. The maximum Gasteiger partial charge on any atom is 0.159 e. The normalized spacial score (nSPS) is 16.0. The molecule has 0 aliphatic heterocycles. The Labute approximate surface area is 166 Å². The van der Waals surface area contributed by atoms with Gasteiger partial charge < -0.3 is 4.90 Å². The van der Waals surface area contributed by atoms with E-state index in [-0.39, 0.29) is 5.92 Å². The van der Waals surface area contributed by atoms with E-state index in [9.17, 15) is 14.0 Å². The van der Waals surface area contributed by atoms with E-state index in [1.54, 1.807) is 6.07 Å². The van der Waals surface area contributed by atoms with Gasteiger partial charge in [0.15, 0.2) is 11.6 Å². The highest BCUT2D eigenvalue weighted by Gasteiger charge is 2.46. The Morgan fingerprint density at radius 1 is 1.07 bits per heavy atom. The van der Waals surface area contributed by atoms with Crippen molar-refractivity contribution in [3.05, 3.63) is 71.3 Å². The van der Waals surface area contributed by atoms with Gasteiger partial charge in [-0.25, -0.2) is 8.78 Å². The van der Waals surface area contributed by atoms with Crippen LogP contribution < -0.4 is 0 Å². The Hall–Kier alpha value is -2.25. The number of halogens is 2. The molecule has 1 unspecified atom stereocenters. The van der Waals surface area contributed by atoms with Gasteiger partial charge in [0.25, 0.3) is 0 Å². The predicted molar refractivity (Wildman–Crippen MR) is 108 cm³/mol. The molecule has 1 aliphatic carbocycles. The molecule has 2 aromatic carbocycles. The Morgan fingerprint density at radius 3 is 2.43 bits per heavy atom. The fourth-order valence-corrected chi connectivity index (χ4v) is 4.09. The summed E-state index contributed by atoms with van der Waals surface area (Å²) >= 11 is 0. The van der Waals surface area contributed by atoms with Crippen molar-refractivity contribution in [2.45, 2.75) is 44.4 Å². The largest absolute Gasteiger partial charge is 0.303 e. The van der Waals surface area contributed by atoms with Crippen molar-refractivity contribution < 1.29 is 8.78 Å². The standard InChI is InChI=1S/C24H28F2N2/c1-2-28(16-13-19-7-4-3-5-8-19)15-6-14-24(18-27,20-9-10-20)21-11-12-22(25)23(26)17-21/h3-5,7-8,11-12,17,20H,2,6,9-10,13-16H2,1H3. The first-order chi connectivity index (χ1) is 13.6. The van der Waals surface area contributed by atoms with Crippen molar-refractivity contribution >= 4 is 0 Å². The lowest BCUT2D eigenvalue weighted by molar-refractivity contribution is 0.272. The average molecular weight is 382 g/mol. The van der Waals surface area contributed by atoms with Gasteiger partial charge in [-0.15, -0.1) is 0 Å². The van der Waals surface area contributed by atoms with Crippen molar-refractivity contribution in [2.75, 3.05) is 19.6 Å². The summed E-state index contributed by atoms with van der Waals surface area (Å²) < 4.78 is 27.2. The molecule has 0 bridgehead atoms. The molecule has 1 atom stereocenters. The van der Waals surface area contributed by atoms with Gasteiger partial charge >= 0.3 is 0 Å². The van der Waals surface area contributed by atoms with Crippen molar-refractivity contribution in [3.8, 4) is 6.07 Å². The number of hydrogen-bond acceptors (Lipinski definition) is 2. The molecular formula is C24H28F2N2. The van der Waals surface area contributed by atoms with Crippen LogP contribution in [0.25, 0.3) is 0 Å². The molecule has 0 aromatic heterocycles. The zero-order valence-electron chi connectivity index (χ0n) is 16.5. The van der Waals surface area contributed by atoms with Gasteiger partial charge in [-0.05, 0) is 74.4 Å². The lowest BCUT2D eigenvalue weighted by atomic mass is 9.73. The number of nitrogens with zero attached hydrogens (tertiary/aromatic N) is 2. The molecule has 0 heterocycles. The highest BCUT2D eigenvalue weighted by molar-refractivity contribution is 5.36. The molecule has 1 aliphatic rings. The first kappa shape index (κ1) is 20.5. The summed E-state index contributed by atoms with van der Waals surface area (Å²) in [6, 6.07) is 16.9. The van der Waals surface area contributed by atoms with Crippen LogP contribution in [-0.4, -0.2) is 24.5 Å². The number of hydrogen-bond donors (Lipinski definition) is 0.